The van der Waals surface area contributed by atoms with Crippen molar-refractivity contribution in [3.8, 4) is 17.3 Å². The number of aryl methyl sites for hydroxylation is 1. The van der Waals surface area contributed by atoms with E-state index in [-0.39, 0.29) is 18.2 Å². The molecule has 0 saturated carbocycles. The summed E-state index contributed by atoms with van der Waals surface area (Å²) in [5, 5.41) is 0. The molecule has 0 aliphatic heterocycles. The number of rotatable bonds is 5. The van der Waals surface area contributed by atoms with E-state index >= 15 is 0 Å². The van der Waals surface area contributed by atoms with Gasteiger partial charge in [0, 0.05) is 22.9 Å². The van der Waals surface area contributed by atoms with Crippen LogP contribution < -0.4 is 4.74 Å². The minimum absolute atomic E-state index is 0.170. The van der Waals surface area contributed by atoms with Gasteiger partial charge in [-0.1, -0.05) is 30.3 Å². The lowest BCUT2D eigenvalue weighted by molar-refractivity contribution is 0.0918. The summed E-state index contributed by atoms with van der Waals surface area (Å²) in [5.74, 6) is 0.246. The third-order valence-corrected chi connectivity index (χ3v) is 3.38. The lowest BCUT2D eigenvalue weighted by Crippen LogP contribution is -2.12. The lowest BCUT2D eigenvalue weighted by Gasteiger charge is -2.08. The molecule has 1 aromatic heterocycles. The van der Waals surface area contributed by atoms with Gasteiger partial charge in [0.05, 0.1) is 0 Å². The fourth-order valence-corrected chi connectivity index (χ4v) is 2.19. The van der Waals surface area contributed by atoms with Gasteiger partial charge in [0.2, 0.25) is 5.88 Å². The van der Waals surface area contributed by atoms with Gasteiger partial charge in [0.25, 0.3) is 0 Å². The van der Waals surface area contributed by atoms with Crippen LogP contribution in [0, 0.1) is 12.7 Å². The fraction of sp³-hybridized carbons (Fsp3) is 0.105. The van der Waals surface area contributed by atoms with E-state index in [1.807, 2.05) is 37.3 Å². The van der Waals surface area contributed by atoms with Crippen molar-refractivity contribution in [3.63, 3.8) is 0 Å². The third kappa shape index (κ3) is 3.81. The maximum absolute atomic E-state index is 12.9. The molecule has 0 fully saturated rings. The Labute approximate surface area is 139 Å². The van der Waals surface area contributed by atoms with Crippen molar-refractivity contribution in [3.05, 3.63) is 77.7 Å². The van der Waals surface area contributed by atoms with Crippen LogP contribution in [0.3, 0.4) is 0 Å². The van der Waals surface area contributed by atoms with Crippen LogP contribution in [0.1, 0.15) is 16.1 Å². The quantitative estimate of drug-likeness (QED) is 0.670. The molecule has 120 valence electrons. The molecule has 4 nitrogen and oxygen atoms in total. The van der Waals surface area contributed by atoms with E-state index in [2.05, 4.69) is 9.97 Å². The minimum atomic E-state index is -0.383. The number of carbonyl (C=O) groups is 1. The SMILES string of the molecule is Cc1cc(OCC(=O)c2ccc(F)cc2)nc(-c2ccccc2)n1. The Hall–Kier alpha value is -3.08. The van der Waals surface area contributed by atoms with Gasteiger partial charge in [-0.25, -0.2) is 9.37 Å². The summed E-state index contributed by atoms with van der Waals surface area (Å²) < 4.78 is 18.4. The van der Waals surface area contributed by atoms with E-state index in [1.165, 1.54) is 24.3 Å². The smallest absolute Gasteiger partial charge is 0.217 e. The van der Waals surface area contributed by atoms with E-state index in [1.54, 1.807) is 6.07 Å². The molecule has 0 spiro atoms. The molecule has 0 bridgehead atoms. The summed E-state index contributed by atoms with van der Waals surface area (Å²) in [6, 6.07) is 16.6. The summed E-state index contributed by atoms with van der Waals surface area (Å²) in [6.45, 7) is 1.67. The maximum atomic E-state index is 12.9. The van der Waals surface area contributed by atoms with Crippen LogP contribution in [0.2, 0.25) is 0 Å². The Bertz CT molecular complexity index is 849. The van der Waals surface area contributed by atoms with Crippen molar-refractivity contribution in [2.45, 2.75) is 6.92 Å². The van der Waals surface area contributed by atoms with E-state index in [4.69, 9.17) is 4.74 Å². The first-order valence-electron chi connectivity index (χ1n) is 7.44. The Morgan fingerprint density at radius 1 is 1.04 bits per heavy atom. The molecular weight excluding hydrogens is 307 g/mol. The topological polar surface area (TPSA) is 52.1 Å². The van der Waals surface area contributed by atoms with Gasteiger partial charge in [-0.3, -0.25) is 4.79 Å². The largest absolute Gasteiger partial charge is 0.469 e. The van der Waals surface area contributed by atoms with E-state index < -0.39 is 0 Å². The number of halogens is 1. The van der Waals surface area contributed by atoms with Crippen molar-refractivity contribution in [1.29, 1.82) is 0 Å². The second-order valence-corrected chi connectivity index (χ2v) is 5.26. The number of benzene rings is 2. The number of aromatic nitrogens is 2. The molecule has 0 aliphatic carbocycles. The van der Waals surface area contributed by atoms with Gasteiger partial charge in [0.15, 0.2) is 18.2 Å². The van der Waals surface area contributed by atoms with Crippen LogP contribution in [0.5, 0.6) is 5.88 Å². The predicted molar refractivity (Wildman–Crippen MR) is 88.4 cm³/mol. The van der Waals surface area contributed by atoms with Gasteiger partial charge in [-0.2, -0.15) is 4.98 Å². The monoisotopic (exact) mass is 322 g/mol. The summed E-state index contributed by atoms with van der Waals surface area (Å²) in [6.07, 6.45) is 0. The van der Waals surface area contributed by atoms with Gasteiger partial charge < -0.3 is 4.74 Å². The molecule has 0 unspecified atom stereocenters. The van der Waals surface area contributed by atoms with Crippen molar-refractivity contribution in [2.75, 3.05) is 6.61 Å². The molecule has 2 aromatic carbocycles. The molecule has 0 amide bonds. The van der Waals surface area contributed by atoms with Crippen LogP contribution in [0.25, 0.3) is 11.4 Å². The van der Waals surface area contributed by atoms with Crippen LogP contribution in [0.4, 0.5) is 4.39 Å². The minimum Gasteiger partial charge on any atom is -0.469 e. The number of ether oxygens (including phenoxy) is 1. The second-order valence-electron chi connectivity index (χ2n) is 5.26. The number of ketones is 1. The predicted octanol–water partition coefficient (Wildman–Crippen LogP) is 3.85. The highest BCUT2D eigenvalue weighted by Gasteiger charge is 2.10. The molecule has 0 saturated heterocycles. The van der Waals surface area contributed by atoms with E-state index in [9.17, 15) is 9.18 Å². The number of hydrogen-bond acceptors (Lipinski definition) is 4. The standard InChI is InChI=1S/C19H15FN2O2/c1-13-11-18(22-19(21-13)15-5-3-2-4-6-15)24-12-17(23)14-7-9-16(20)10-8-14/h2-11H,12H2,1H3. The third-order valence-electron chi connectivity index (χ3n) is 3.38. The summed E-state index contributed by atoms with van der Waals surface area (Å²) >= 11 is 0. The number of hydrogen-bond donors (Lipinski definition) is 0. The molecule has 0 N–H and O–H groups in total. The molecule has 3 aromatic rings. The van der Waals surface area contributed by atoms with Gasteiger partial charge in [-0.15, -0.1) is 0 Å². The highest BCUT2D eigenvalue weighted by molar-refractivity contribution is 5.97. The summed E-state index contributed by atoms with van der Waals surface area (Å²) in [7, 11) is 0. The van der Waals surface area contributed by atoms with Crippen LogP contribution in [-0.4, -0.2) is 22.4 Å². The van der Waals surface area contributed by atoms with Crippen LogP contribution >= 0.6 is 0 Å². The van der Waals surface area contributed by atoms with Crippen molar-refractivity contribution < 1.29 is 13.9 Å². The van der Waals surface area contributed by atoms with Crippen LogP contribution in [-0.2, 0) is 0 Å². The number of nitrogens with zero attached hydrogens (tertiary/aromatic N) is 2. The molecule has 24 heavy (non-hydrogen) atoms. The zero-order valence-corrected chi connectivity index (χ0v) is 13.1. The zero-order valence-electron chi connectivity index (χ0n) is 13.1. The number of carbonyl (C=O) groups excluding carboxylic acids is 1. The van der Waals surface area contributed by atoms with Gasteiger partial charge in [0.1, 0.15) is 5.82 Å². The highest BCUT2D eigenvalue weighted by Crippen LogP contribution is 2.18. The van der Waals surface area contributed by atoms with Crippen molar-refractivity contribution in [1.82, 2.24) is 9.97 Å². The van der Waals surface area contributed by atoms with E-state index in [0.29, 0.717) is 17.3 Å². The Balaban J connectivity index is 1.74. The van der Waals surface area contributed by atoms with Gasteiger partial charge >= 0.3 is 0 Å². The molecular formula is C19H15FN2O2. The first kappa shape index (κ1) is 15.8. The van der Waals surface area contributed by atoms with Crippen molar-refractivity contribution in [2.24, 2.45) is 0 Å². The lowest BCUT2D eigenvalue weighted by atomic mass is 10.1. The van der Waals surface area contributed by atoms with Crippen LogP contribution in [0.15, 0.2) is 60.7 Å². The highest BCUT2D eigenvalue weighted by atomic mass is 19.1. The molecule has 0 aliphatic rings. The average molecular weight is 322 g/mol. The normalized spacial score (nSPS) is 10.4. The Kier molecular flexibility index (Phi) is 4.61. The average Bonchev–Trinajstić information content (AvgIpc) is 2.60. The summed E-state index contributed by atoms with van der Waals surface area (Å²) in [5.41, 5.74) is 2.01. The Morgan fingerprint density at radius 2 is 1.75 bits per heavy atom. The summed E-state index contributed by atoms with van der Waals surface area (Å²) in [4.78, 5) is 20.8. The Morgan fingerprint density at radius 3 is 2.46 bits per heavy atom. The first-order valence-corrected chi connectivity index (χ1v) is 7.44. The molecule has 5 heteroatoms. The molecule has 0 radical (unpaired) electrons. The molecule has 3 rings (SSSR count). The van der Waals surface area contributed by atoms with E-state index in [0.717, 1.165) is 11.3 Å². The molecule has 1 heterocycles. The zero-order chi connectivity index (χ0) is 16.9. The fourth-order valence-electron chi connectivity index (χ4n) is 2.19. The maximum Gasteiger partial charge on any atom is 0.217 e. The second kappa shape index (κ2) is 7.00. The molecule has 0 atom stereocenters. The first-order chi connectivity index (χ1) is 11.6. The van der Waals surface area contributed by atoms with Crippen molar-refractivity contribution >= 4 is 5.78 Å². The van der Waals surface area contributed by atoms with Gasteiger partial charge in [-0.05, 0) is 31.2 Å². The number of Topliss-reactive ketones (excluding diaryl/α,β-unsaturated/α-hetero) is 1.